The highest BCUT2D eigenvalue weighted by molar-refractivity contribution is 7.90. The number of carbonyl (C=O) groups excluding carboxylic acids is 1. The molecule has 2 fully saturated rings. The molecule has 4 N–H and O–H groups in total. The molecule has 3 unspecified atom stereocenters. The Balaban J connectivity index is 1.43. The van der Waals surface area contributed by atoms with E-state index in [-0.39, 0.29) is 30.5 Å². The zero-order valence-electron chi connectivity index (χ0n) is 19.0. The quantitative estimate of drug-likeness (QED) is 0.407. The van der Waals surface area contributed by atoms with Gasteiger partial charge in [-0.15, -0.1) is 0 Å². The standard InChI is InChI=1S/C23H27ClN4O6S/c1-25-35(32,33)21-11-18-19(12-26-21)27-13-28(22(18)29)7-8-34-20-6-5-16(24)10-17(20)14-3-2-4-15(9-14)23(30)31/h2-6,9-10,18-19,21,25-27H,7-8,11-13H2,1H3,(H,30,31). The van der Waals surface area contributed by atoms with Crippen LogP contribution in [0.2, 0.25) is 5.02 Å². The van der Waals surface area contributed by atoms with Gasteiger partial charge in [-0.3, -0.25) is 15.4 Å². The minimum Gasteiger partial charge on any atom is -0.491 e. The largest absolute Gasteiger partial charge is 0.491 e. The van der Waals surface area contributed by atoms with E-state index in [4.69, 9.17) is 16.3 Å². The van der Waals surface area contributed by atoms with Gasteiger partial charge in [0.2, 0.25) is 15.9 Å². The molecular weight excluding hydrogens is 496 g/mol. The van der Waals surface area contributed by atoms with E-state index in [0.29, 0.717) is 41.7 Å². The van der Waals surface area contributed by atoms with E-state index < -0.39 is 27.3 Å². The van der Waals surface area contributed by atoms with Gasteiger partial charge in [-0.2, -0.15) is 0 Å². The van der Waals surface area contributed by atoms with Crippen molar-refractivity contribution in [3.05, 3.63) is 53.1 Å². The van der Waals surface area contributed by atoms with Crippen molar-refractivity contribution >= 4 is 33.5 Å². The summed E-state index contributed by atoms with van der Waals surface area (Å²) in [5.74, 6) is -1.09. The molecule has 0 bridgehead atoms. The summed E-state index contributed by atoms with van der Waals surface area (Å²) in [5.41, 5.74) is 1.43. The molecule has 2 saturated heterocycles. The van der Waals surface area contributed by atoms with E-state index in [1.165, 1.54) is 13.1 Å². The van der Waals surface area contributed by atoms with Crippen LogP contribution in [0, 0.1) is 5.92 Å². The van der Waals surface area contributed by atoms with Gasteiger partial charge in [0.05, 0.1) is 24.7 Å². The number of rotatable bonds is 8. The summed E-state index contributed by atoms with van der Waals surface area (Å²) < 4.78 is 32.7. The molecule has 35 heavy (non-hydrogen) atoms. The molecule has 2 aromatic rings. The van der Waals surface area contributed by atoms with Crippen LogP contribution in [-0.2, 0) is 14.8 Å². The molecule has 0 radical (unpaired) electrons. The highest BCUT2D eigenvalue weighted by atomic mass is 35.5. The van der Waals surface area contributed by atoms with Crippen molar-refractivity contribution in [3.8, 4) is 16.9 Å². The summed E-state index contributed by atoms with van der Waals surface area (Å²) in [6.45, 7) is 1.20. The number of carbonyl (C=O) groups is 2. The van der Waals surface area contributed by atoms with Crippen LogP contribution in [0.3, 0.4) is 0 Å². The molecule has 2 aromatic carbocycles. The lowest BCUT2D eigenvalue weighted by Gasteiger charge is -2.43. The second-order valence-corrected chi connectivity index (χ2v) is 10.9. The van der Waals surface area contributed by atoms with Crippen molar-refractivity contribution in [2.24, 2.45) is 5.92 Å². The van der Waals surface area contributed by atoms with E-state index in [1.807, 2.05) is 0 Å². The van der Waals surface area contributed by atoms with Crippen molar-refractivity contribution in [2.75, 3.05) is 33.4 Å². The summed E-state index contributed by atoms with van der Waals surface area (Å²) in [7, 11) is -2.18. The number of amides is 1. The number of carboxylic acids is 1. The van der Waals surface area contributed by atoms with Gasteiger partial charge in [0, 0.05) is 23.2 Å². The Kier molecular flexibility index (Phi) is 7.62. The highest BCUT2D eigenvalue weighted by Crippen LogP contribution is 2.33. The molecule has 0 saturated carbocycles. The Hall–Kier alpha value is -2.70. The summed E-state index contributed by atoms with van der Waals surface area (Å²) >= 11 is 6.18. The van der Waals surface area contributed by atoms with Crippen LogP contribution < -0.4 is 20.1 Å². The predicted molar refractivity (Wildman–Crippen MR) is 131 cm³/mol. The lowest BCUT2D eigenvalue weighted by Crippen LogP contribution is -2.65. The van der Waals surface area contributed by atoms with Crippen LogP contribution in [0.15, 0.2) is 42.5 Å². The zero-order valence-corrected chi connectivity index (χ0v) is 20.6. The molecule has 0 aliphatic carbocycles. The van der Waals surface area contributed by atoms with E-state index in [9.17, 15) is 23.1 Å². The number of hydrogen-bond acceptors (Lipinski definition) is 7. The third-order valence-corrected chi connectivity index (χ3v) is 8.24. The van der Waals surface area contributed by atoms with Gasteiger partial charge in [0.25, 0.3) is 0 Å². The minimum atomic E-state index is -3.54. The summed E-state index contributed by atoms with van der Waals surface area (Å²) in [5, 5.41) is 15.3. The molecule has 0 spiro atoms. The number of hydrogen-bond donors (Lipinski definition) is 4. The third-order valence-electron chi connectivity index (χ3n) is 6.33. The molecular formula is C23H27ClN4O6S. The van der Waals surface area contributed by atoms with E-state index >= 15 is 0 Å². The number of ether oxygens (including phenoxy) is 1. The molecule has 12 heteroatoms. The number of benzene rings is 2. The Morgan fingerprint density at radius 1 is 1.26 bits per heavy atom. The molecule has 1 amide bonds. The van der Waals surface area contributed by atoms with Gasteiger partial charge in [-0.25, -0.2) is 17.9 Å². The van der Waals surface area contributed by atoms with Gasteiger partial charge in [0.15, 0.2) is 0 Å². The van der Waals surface area contributed by atoms with Crippen LogP contribution in [-0.4, -0.2) is 75.1 Å². The Labute approximate surface area is 208 Å². The third kappa shape index (κ3) is 5.60. The van der Waals surface area contributed by atoms with Crippen LogP contribution >= 0.6 is 11.6 Å². The number of halogens is 1. The first-order chi connectivity index (χ1) is 16.7. The number of nitrogens with one attached hydrogen (secondary N) is 3. The van der Waals surface area contributed by atoms with Crippen molar-refractivity contribution in [1.29, 1.82) is 0 Å². The molecule has 0 aromatic heterocycles. The molecule has 188 valence electrons. The van der Waals surface area contributed by atoms with Crippen molar-refractivity contribution in [1.82, 2.24) is 20.3 Å². The van der Waals surface area contributed by atoms with Crippen LogP contribution in [0.1, 0.15) is 16.8 Å². The fourth-order valence-corrected chi connectivity index (χ4v) is 5.65. The topological polar surface area (TPSA) is 137 Å². The highest BCUT2D eigenvalue weighted by Gasteiger charge is 2.43. The maximum Gasteiger partial charge on any atom is 0.335 e. The molecule has 2 aliphatic heterocycles. The molecule has 10 nitrogen and oxygen atoms in total. The number of sulfonamides is 1. The second-order valence-electron chi connectivity index (χ2n) is 8.43. The first kappa shape index (κ1) is 25.4. The van der Waals surface area contributed by atoms with Crippen molar-refractivity contribution in [2.45, 2.75) is 17.8 Å². The fourth-order valence-electron chi connectivity index (χ4n) is 4.41. The number of carboxylic acid groups (broad SMARTS) is 1. The molecule has 3 atom stereocenters. The Morgan fingerprint density at radius 3 is 2.80 bits per heavy atom. The fraction of sp³-hybridized carbons (Fsp3) is 0.391. The first-order valence-electron chi connectivity index (χ1n) is 11.1. The van der Waals surface area contributed by atoms with Crippen molar-refractivity contribution in [3.63, 3.8) is 0 Å². The van der Waals surface area contributed by atoms with Crippen LogP contribution in [0.5, 0.6) is 5.75 Å². The van der Waals surface area contributed by atoms with E-state index in [0.717, 1.165) is 0 Å². The number of fused-ring (bicyclic) bond motifs is 1. The minimum absolute atomic E-state index is 0.111. The maximum atomic E-state index is 13.1. The molecule has 2 heterocycles. The van der Waals surface area contributed by atoms with Crippen LogP contribution in [0.4, 0.5) is 0 Å². The van der Waals surface area contributed by atoms with E-state index in [1.54, 1.807) is 41.3 Å². The van der Waals surface area contributed by atoms with Gasteiger partial charge in [0.1, 0.15) is 17.7 Å². The number of piperidine rings is 1. The number of aromatic carboxylic acids is 1. The second kappa shape index (κ2) is 10.5. The predicted octanol–water partition coefficient (Wildman–Crippen LogP) is 1.33. The van der Waals surface area contributed by atoms with Crippen molar-refractivity contribution < 1.29 is 27.9 Å². The summed E-state index contributed by atoms with van der Waals surface area (Å²) in [6.07, 6.45) is 0.179. The monoisotopic (exact) mass is 522 g/mol. The SMILES string of the molecule is CNS(=O)(=O)C1CC2C(=O)N(CCOc3ccc(Cl)cc3-c3cccc(C(=O)O)c3)CNC2CN1. The van der Waals surface area contributed by atoms with E-state index in [2.05, 4.69) is 15.4 Å². The lowest BCUT2D eigenvalue weighted by atomic mass is 9.89. The smallest absolute Gasteiger partial charge is 0.335 e. The Morgan fingerprint density at radius 2 is 2.06 bits per heavy atom. The summed E-state index contributed by atoms with van der Waals surface area (Å²) in [6, 6.07) is 11.4. The van der Waals surface area contributed by atoms with Crippen LogP contribution in [0.25, 0.3) is 11.1 Å². The number of nitrogens with zero attached hydrogens (tertiary/aromatic N) is 1. The lowest BCUT2D eigenvalue weighted by molar-refractivity contribution is -0.142. The van der Waals surface area contributed by atoms with Gasteiger partial charge in [-0.05, 0) is 49.4 Å². The molecule has 4 rings (SSSR count). The Bertz CT molecular complexity index is 1220. The average molecular weight is 523 g/mol. The average Bonchev–Trinajstić information content (AvgIpc) is 2.86. The normalized spacial score (nSPS) is 22.5. The maximum absolute atomic E-state index is 13.1. The summed E-state index contributed by atoms with van der Waals surface area (Å²) in [4.78, 5) is 26.1. The first-order valence-corrected chi connectivity index (χ1v) is 13.1. The van der Waals surface area contributed by atoms with Gasteiger partial charge < -0.3 is 14.7 Å². The van der Waals surface area contributed by atoms with Gasteiger partial charge >= 0.3 is 5.97 Å². The van der Waals surface area contributed by atoms with Gasteiger partial charge in [-0.1, -0.05) is 23.7 Å². The zero-order chi connectivity index (χ0) is 25.2. The molecule has 2 aliphatic rings.